The number of oxime groups is 1. The van der Waals surface area contributed by atoms with Crippen LogP contribution in [0.15, 0.2) is 21.7 Å². The van der Waals surface area contributed by atoms with E-state index in [4.69, 9.17) is 15.7 Å². The summed E-state index contributed by atoms with van der Waals surface area (Å²) < 4.78 is 5.31. The monoisotopic (exact) mass is 177 g/mol. The molecule has 0 unspecified atom stereocenters. The minimum absolute atomic E-state index is 0.178. The molecule has 0 bridgehead atoms. The number of nitrogens with zero attached hydrogens (tertiary/aromatic N) is 1. The molecule has 3 nitrogen and oxygen atoms in total. The van der Waals surface area contributed by atoms with Gasteiger partial charge in [-0.15, -0.1) is 6.42 Å². The first-order valence-electron chi connectivity index (χ1n) is 3.91. The number of rotatable bonds is 3. The van der Waals surface area contributed by atoms with Gasteiger partial charge in [0.25, 0.3) is 0 Å². The summed E-state index contributed by atoms with van der Waals surface area (Å²) in [6, 6.07) is 3.71. The second-order valence-electron chi connectivity index (χ2n) is 2.56. The molecular weight excluding hydrogens is 166 g/mol. The van der Waals surface area contributed by atoms with Crippen molar-refractivity contribution in [2.45, 2.75) is 13.8 Å². The van der Waals surface area contributed by atoms with Crippen molar-refractivity contribution >= 4 is 5.71 Å². The van der Waals surface area contributed by atoms with Crippen molar-refractivity contribution in [3.05, 3.63) is 23.7 Å². The maximum absolute atomic E-state index is 5.31. The fourth-order valence-electron chi connectivity index (χ4n) is 0.840. The van der Waals surface area contributed by atoms with Crippen LogP contribution in [-0.2, 0) is 4.84 Å². The third kappa shape index (κ3) is 2.68. The Balaban J connectivity index is 2.63. The smallest absolute Gasteiger partial charge is 0.177 e. The number of hydrogen-bond acceptors (Lipinski definition) is 3. The highest BCUT2D eigenvalue weighted by atomic mass is 16.6. The SMILES string of the molecule is C#CCO/N=C(/C)c1ccc(C)o1. The molecule has 1 aromatic rings. The molecule has 0 radical (unpaired) electrons. The molecule has 68 valence electrons. The van der Waals surface area contributed by atoms with Crippen molar-refractivity contribution in [3.63, 3.8) is 0 Å². The Kier molecular flexibility index (Phi) is 3.15. The Hall–Kier alpha value is -1.69. The van der Waals surface area contributed by atoms with Crippen molar-refractivity contribution in [2.24, 2.45) is 5.16 Å². The van der Waals surface area contributed by atoms with Crippen LogP contribution in [0, 0.1) is 19.3 Å². The van der Waals surface area contributed by atoms with Crippen molar-refractivity contribution in [2.75, 3.05) is 6.61 Å². The molecule has 1 heterocycles. The zero-order chi connectivity index (χ0) is 9.68. The van der Waals surface area contributed by atoms with Gasteiger partial charge in [0.05, 0.1) is 0 Å². The third-order valence-corrected chi connectivity index (χ3v) is 1.45. The zero-order valence-corrected chi connectivity index (χ0v) is 7.70. The van der Waals surface area contributed by atoms with Crippen molar-refractivity contribution in [1.82, 2.24) is 0 Å². The van der Waals surface area contributed by atoms with Gasteiger partial charge < -0.3 is 9.25 Å². The molecule has 0 fully saturated rings. The average Bonchev–Trinajstić information content (AvgIpc) is 2.52. The van der Waals surface area contributed by atoms with Gasteiger partial charge in [-0.2, -0.15) is 0 Å². The lowest BCUT2D eigenvalue weighted by Crippen LogP contribution is -1.94. The van der Waals surface area contributed by atoms with Gasteiger partial charge in [-0.05, 0) is 26.0 Å². The molecule has 3 heteroatoms. The first kappa shape index (κ1) is 9.40. The molecular formula is C10H11NO2. The number of terminal acetylenes is 1. The second-order valence-corrected chi connectivity index (χ2v) is 2.56. The lowest BCUT2D eigenvalue weighted by molar-refractivity contribution is 0.179. The quantitative estimate of drug-likeness (QED) is 0.306. The Morgan fingerprint density at radius 3 is 3.00 bits per heavy atom. The predicted octanol–water partition coefficient (Wildman–Crippen LogP) is 1.96. The minimum atomic E-state index is 0.178. The van der Waals surface area contributed by atoms with Crippen LogP contribution in [0.2, 0.25) is 0 Å². The number of aryl methyl sites for hydroxylation is 1. The van der Waals surface area contributed by atoms with Crippen molar-refractivity contribution < 1.29 is 9.25 Å². The summed E-state index contributed by atoms with van der Waals surface area (Å²) in [5, 5.41) is 3.78. The summed E-state index contributed by atoms with van der Waals surface area (Å²) in [5.41, 5.74) is 0.684. The zero-order valence-electron chi connectivity index (χ0n) is 7.70. The van der Waals surface area contributed by atoms with Crippen LogP contribution in [0.3, 0.4) is 0 Å². The normalized spacial score (nSPS) is 11.0. The van der Waals surface area contributed by atoms with Crippen LogP contribution < -0.4 is 0 Å². The largest absolute Gasteiger partial charge is 0.460 e. The highest BCUT2D eigenvalue weighted by Gasteiger charge is 2.01. The third-order valence-electron chi connectivity index (χ3n) is 1.45. The van der Waals surface area contributed by atoms with E-state index >= 15 is 0 Å². The molecule has 0 saturated carbocycles. The van der Waals surface area contributed by atoms with Gasteiger partial charge in [-0.3, -0.25) is 0 Å². The van der Waals surface area contributed by atoms with E-state index in [-0.39, 0.29) is 6.61 Å². The maximum Gasteiger partial charge on any atom is 0.177 e. The van der Waals surface area contributed by atoms with Gasteiger partial charge >= 0.3 is 0 Å². The molecule has 0 N–H and O–H groups in total. The molecule has 0 spiro atoms. The summed E-state index contributed by atoms with van der Waals surface area (Å²) in [5.74, 6) is 3.87. The fourth-order valence-corrected chi connectivity index (χ4v) is 0.840. The molecule has 0 aliphatic rings. The Labute approximate surface area is 77.4 Å². The minimum Gasteiger partial charge on any atom is -0.460 e. The highest BCUT2D eigenvalue weighted by molar-refractivity contribution is 5.95. The van der Waals surface area contributed by atoms with Crippen LogP contribution in [0.25, 0.3) is 0 Å². The van der Waals surface area contributed by atoms with Gasteiger partial charge in [-0.25, -0.2) is 0 Å². The fraction of sp³-hybridized carbons (Fsp3) is 0.300. The van der Waals surface area contributed by atoms with Gasteiger partial charge in [0.1, 0.15) is 11.5 Å². The Morgan fingerprint density at radius 2 is 2.46 bits per heavy atom. The molecule has 0 amide bonds. The summed E-state index contributed by atoms with van der Waals surface area (Å²) in [4.78, 5) is 4.80. The van der Waals surface area contributed by atoms with Crippen LogP contribution in [0.5, 0.6) is 0 Å². The molecule has 0 saturated heterocycles. The first-order valence-corrected chi connectivity index (χ1v) is 3.91. The second kappa shape index (κ2) is 4.36. The van der Waals surface area contributed by atoms with E-state index in [0.29, 0.717) is 11.5 Å². The van der Waals surface area contributed by atoms with Crippen LogP contribution in [0.1, 0.15) is 18.4 Å². The van der Waals surface area contributed by atoms with Crippen molar-refractivity contribution in [1.29, 1.82) is 0 Å². The number of hydrogen-bond donors (Lipinski definition) is 0. The standard InChI is InChI=1S/C10H11NO2/c1-4-7-12-11-9(3)10-6-5-8(2)13-10/h1,5-6H,7H2,2-3H3/b11-9-. The van der Waals surface area contributed by atoms with E-state index in [2.05, 4.69) is 11.1 Å². The van der Waals surface area contributed by atoms with E-state index in [0.717, 1.165) is 5.76 Å². The molecule has 0 aliphatic carbocycles. The summed E-state index contributed by atoms with van der Waals surface area (Å²) in [7, 11) is 0. The number of furan rings is 1. The average molecular weight is 177 g/mol. The summed E-state index contributed by atoms with van der Waals surface area (Å²) in [6.45, 7) is 3.85. The van der Waals surface area contributed by atoms with Crippen LogP contribution >= 0.6 is 0 Å². The van der Waals surface area contributed by atoms with Crippen molar-refractivity contribution in [3.8, 4) is 12.3 Å². The molecule has 13 heavy (non-hydrogen) atoms. The van der Waals surface area contributed by atoms with E-state index in [9.17, 15) is 0 Å². The Bertz CT molecular complexity index is 344. The maximum atomic E-state index is 5.31. The van der Waals surface area contributed by atoms with Gasteiger partial charge in [-0.1, -0.05) is 11.1 Å². The van der Waals surface area contributed by atoms with E-state index in [1.165, 1.54) is 0 Å². The molecule has 0 atom stereocenters. The van der Waals surface area contributed by atoms with Gasteiger partial charge in [0.15, 0.2) is 12.4 Å². The topological polar surface area (TPSA) is 34.7 Å². The van der Waals surface area contributed by atoms with E-state index < -0.39 is 0 Å². The van der Waals surface area contributed by atoms with Gasteiger partial charge in [0, 0.05) is 0 Å². The lowest BCUT2D eigenvalue weighted by atomic mass is 10.3. The van der Waals surface area contributed by atoms with E-state index in [1.807, 2.05) is 19.1 Å². The van der Waals surface area contributed by atoms with Crippen LogP contribution in [0.4, 0.5) is 0 Å². The Morgan fingerprint density at radius 1 is 1.69 bits per heavy atom. The molecule has 0 aromatic carbocycles. The first-order chi connectivity index (χ1) is 6.24. The summed E-state index contributed by atoms with van der Waals surface area (Å²) >= 11 is 0. The molecule has 0 aliphatic heterocycles. The molecule has 1 aromatic heterocycles. The van der Waals surface area contributed by atoms with Gasteiger partial charge in [0.2, 0.25) is 0 Å². The predicted molar refractivity (Wildman–Crippen MR) is 50.4 cm³/mol. The lowest BCUT2D eigenvalue weighted by Gasteiger charge is -1.95. The highest BCUT2D eigenvalue weighted by Crippen LogP contribution is 2.07. The summed E-state index contributed by atoms with van der Waals surface area (Å²) in [6.07, 6.45) is 4.99. The van der Waals surface area contributed by atoms with Crippen LogP contribution in [-0.4, -0.2) is 12.3 Å². The van der Waals surface area contributed by atoms with E-state index in [1.54, 1.807) is 6.92 Å². The molecule has 1 rings (SSSR count).